The number of halogens is 1. The number of aromatic nitrogens is 6. The van der Waals surface area contributed by atoms with Crippen LogP contribution in [-0.4, -0.2) is 88.9 Å². The highest BCUT2D eigenvalue weighted by atomic mass is 19.1. The Hall–Kier alpha value is -4.50. The predicted octanol–water partition coefficient (Wildman–Crippen LogP) is 0.229. The van der Waals surface area contributed by atoms with E-state index in [1.165, 1.54) is 4.57 Å². The molecule has 0 unspecified atom stereocenters. The number of hydrogen-bond acceptors (Lipinski definition) is 15. The van der Waals surface area contributed by atoms with Crippen LogP contribution in [0.15, 0.2) is 40.4 Å². The molecule has 7 rings (SSSR count). The number of benzene rings is 1. The van der Waals surface area contributed by atoms with Crippen LogP contribution in [0, 0.1) is 19.7 Å². The number of nitrogens with two attached hydrogens (primary N) is 3. The Morgan fingerprint density at radius 1 is 0.780 bits per heavy atom. The van der Waals surface area contributed by atoms with Crippen molar-refractivity contribution in [3.05, 3.63) is 68.8 Å². The maximum atomic E-state index is 13.1. The minimum Gasteiger partial charge on any atom is -0.399 e. The highest BCUT2D eigenvalue weighted by Gasteiger charge is 2.29. The van der Waals surface area contributed by atoms with Gasteiger partial charge in [-0.1, -0.05) is 0 Å². The average molecular weight is 704 g/mol. The van der Waals surface area contributed by atoms with Crippen LogP contribution in [0.5, 0.6) is 0 Å². The van der Waals surface area contributed by atoms with Crippen LogP contribution in [-0.2, 0) is 18.9 Å². The Balaban J connectivity index is 0.000000146. The highest BCUT2D eigenvalue weighted by Crippen LogP contribution is 2.32. The summed E-state index contributed by atoms with van der Waals surface area (Å²) in [5.41, 5.74) is 19.9. The molecule has 3 aromatic heterocycles. The largest absolute Gasteiger partial charge is 0.399 e. The molecule has 0 amide bonds. The molecular weight excluding hydrogens is 661 g/mol. The van der Waals surface area contributed by atoms with Crippen molar-refractivity contribution in [2.24, 2.45) is 0 Å². The molecule has 272 valence electrons. The Labute approximate surface area is 284 Å². The van der Waals surface area contributed by atoms with Crippen molar-refractivity contribution in [3.63, 3.8) is 0 Å². The lowest BCUT2D eigenvalue weighted by Crippen LogP contribution is -2.29. The second-order valence-corrected chi connectivity index (χ2v) is 12.0. The number of ether oxygens (including phenoxy) is 4. The third-order valence-corrected chi connectivity index (χ3v) is 8.39. The Morgan fingerprint density at radius 2 is 1.38 bits per heavy atom. The first-order valence-corrected chi connectivity index (χ1v) is 15.9. The molecule has 0 bridgehead atoms. The Bertz CT molecular complexity index is 1820. The van der Waals surface area contributed by atoms with E-state index in [1.54, 1.807) is 19.4 Å². The van der Waals surface area contributed by atoms with Crippen LogP contribution in [0.2, 0.25) is 0 Å². The van der Waals surface area contributed by atoms with Gasteiger partial charge in [0.25, 0.3) is 0 Å². The van der Waals surface area contributed by atoms with Crippen LogP contribution < -0.4 is 28.6 Å². The number of aryl methyl sites for hydroxylation is 2. The molecule has 1 aromatic carbocycles. The van der Waals surface area contributed by atoms with E-state index < -0.39 is 35.5 Å². The van der Waals surface area contributed by atoms with Crippen molar-refractivity contribution in [3.8, 4) is 0 Å². The molecule has 3 saturated heterocycles. The van der Waals surface area contributed by atoms with Crippen molar-refractivity contribution >= 4 is 28.4 Å². The predicted molar refractivity (Wildman–Crippen MR) is 177 cm³/mol. The van der Waals surface area contributed by atoms with Crippen molar-refractivity contribution < 1.29 is 38.7 Å². The van der Waals surface area contributed by atoms with Gasteiger partial charge in [-0.2, -0.15) is 9.97 Å². The lowest BCUT2D eigenvalue weighted by Gasteiger charge is -2.15. The van der Waals surface area contributed by atoms with E-state index >= 15 is 0 Å². The number of rotatable bonds is 6. The summed E-state index contributed by atoms with van der Waals surface area (Å²) in [6, 6.07) is 3.84. The maximum absolute atomic E-state index is 13.1. The molecule has 18 nitrogen and oxygen atoms in total. The smallest absolute Gasteiger partial charge is 0.351 e. The first kappa shape index (κ1) is 36.8. The van der Waals surface area contributed by atoms with Gasteiger partial charge >= 0.3 is 11.4 Å². The summed E-state index contributed by atoms with van der Waals surface area (Å²) in [4.78, 5) is 34.4. The van der Waals surface area contributed by atoms with Crippen LogP contribution in [0.4, 0.5) is 21.7 Å². The van der Waals surface area contributed by atoms with Gasteiger partial charge < -0.3 is 56.0 Å². The molecule has 50 heavy (non-hydrogen) atoms. The quantitative estimate of drug-likeness (QED) is 0.147. The number of nitrogen functional groups attached to an aromatic ring is 3. The van der Waals surface area contributed by atoms with E-state index in [9.17, 15) is 14.0 Å². The number of nitrogens with zero attached hydrogens (tertiary/aromatic N) is 6. The summed E-state index contributed by atoms with van der Waals surface area (Å²) in [5, 5.41) is 26.8. The molecule has 3 aliphatic rings. The molecule has 3 fully saturated rings. The van der Waals surface area contributed by atoms with Crippen LogP contribution in [0.3, 0.4) is 0 Å². The van der Waals surface area contributed by atoms with Gasteiger partial charge in [-0.05, 0) is 57.2 Å². The number of aliphatic hydroxyl groups is 3. The maximum Gasteiger partial charge on any atom is 0.351 e. The molecule has 6 heterocycles. The van der Waals surface area contributed by atoms with Gasteiger partial charge in [-0.25, -0.2) is 19.0 Å². The number of hydrogen-bond donors (Lipinski definition) is 6. The van der Waals surface area contributed by atoms with Crippen LogP contribution >= 0.6 is 0 Å². The number of imidazole rings is 1. The molecular formula is C31H42FN9O9. The first-order chi connectivity index (χ1) is 23.9. The lowest BCUT2D eigenvalue weighted by molar-refractivity contribution is -0.0993. The zero-order chi connectivity index (χ0) is 36.1. The second kappa shape index (κ2) is 16.0. The zero-order valence-electron chi connectivity index (χ0n) is 27.6. The summed E-state index contributed by atoms with van der Waals surface area (Å²) >= 11 is 0. The van der Waals surface area contributed by atoms with Gasteiger partial charge in [-0.15, -0.1) is 0 Å². The number of fused-ring (bicyclic) bond motifs is 1. The molecule has 9 N–H and O–H groups in total. The average Bonchev–Trinajstić information content (AvgIpc) is 3.91. The summed E-state index contributed by atoms with van der Waals surface area (Å²) in [6.07, 6.45) is 5.33. The highest BCUT2D eigenvalue weighted by molar-refractivity contribution is 5.82. The molecule has 0 spiro atoms. The molecule has 19 heteroatoms. The van der Waals surface area contributed by atoms with Gasteiger partial charge in [-0.3, -0.25) is 9.13 Å². The van der Waals surface area contributed by atoms with Gasteiger partial charge in [0.15, 0.2) is 24.2 Å². The van der Waals surface area contributed by atoms with Crippen molar-refractivity contribution in [1.82, 2.24) is 28.7 Å². The molecule has 0 saturated carbocycles. The summed E-state index contributed by atoms with van der Waals surface area (Å²) in [7, 11) is 0. The van der Waals surface area contributed by atoms with Gasteiger partial charge in [0.1, 0.15) is 18.3 Å². The van der Waals surface area contributed by atoms with Crippen LogP contribution in [0.1, 0.15) is 55.5 Å². The topological polar surface area (TPSA) is 263 Å². The van der Waals surface area contributed by atoms with Crippen molar-refractivity contribution in [2.75, 3.05) is 43.6 Å². The lowest BCUT2D eigenvalue weighted by atomic mass is 10.2. The molecule has 6 atom stereocenters. The fourth-order valence-corrected chi connectivity index (χ4v) is 5.75. The van der Waals surface area contributed by atoms with Crippen molar-refractivity contribution in [2.45, 2.75) is 76.7 Å². The van der Waals surface area contributed by atoms with E-state index in [1.807, 2.05) is 23.6 Å². The standard InChI is InChI=1S/C13H17N3O2.C10H15N3O3.C8H10FN3O4/c1-8-4-9(14)5-11-13(8)15-7-16(11)12-3-2-10(6-17)18-12;1-6-4-13(10(15)12-9(6)11)8-3-2-7(5-14)16-8;9-4-1-12(8(14)11-7(4)10)5-3-15-6(2-13)16-5/h4-5,7,10,12,17H,2-3,6,14H2,1H3;4,7-8,14H,2-3,5H2,1H3,(H2,11,12,15);1,5-6,13H,2-3H2,(H2,10,11,14)/t10-,12+;7-,8+;5-,6-/m111/s1. The fourth-order valence-electron chi connectivity index (χ4n) is 5.75. The SMILES string of the molecule is Cc1cc(N)cc2c1ncn2[C@@H]1CC[C@H](CO)O1.Cc1cn([C@@H]2CC[C@H](CO)O2)c(=O)nc1N.Nc1nc(=O)n([C@H]2CO[C@@H](CO)O2)cc1F. The minimum absolute atomic E-state index is 0.0212. The van der Waals surface area contributed by atoms with E-state index in [2.05, 4.69) is 15.0 Å². The van der Waals surface area contributed by atoms with Gasteiger partial charge in [0, 0.05) is 17.4 Å². The van der Waals surface area contributed by atoms with E-state index in [0.29, 0.717) is 6.42 Å². The molecule has 3 aliphatic heterocycles. The molecule has 4 aromatic rings. The van der Waals surface area contributed by atoms with E-state index in [4.69, 9.17) is 51.5 Å². The first-order valence-electron chi connectivity index (χ1n) is 15.9. The third kappa shape index (κ3) is 8.27. The summed E-state index contributed by atoms with van der Waals surface area (Å²) < 4.78 is 38.8. The number of anilines is 3. The normalized spacial score (nSPS) is 24.5. The van der Waals surface area contributed by atoms with Gasteiger partial charge in [0.2, 0.25) is 0 Å². The van der Waals surface area contributed by atoms with E-state index in [0.717, 1.165) is 57.9 Å². The Morgan fingerprint density at radius 3 is 1.96 bits per heavy atom. The van der Waals surface area contributed by atoms with Gasteiger partial charge in [0.05, 0.1) is 62.2 Å². The second-order valence-electron chi connectivity index (χ2n) is 12.0. The zero-order valence-corrected chi connectivity index (χ0v) is 27.6. The monoisotopic (exact) mass is 703 g/mol. The Kier molecular flexibility index (Phi) is 11.8. The molecule has 0 radical (unpaired) electrons. The summed E-state index contributed by atoms with van der Waals surface area (Å²) in [6.45, 7) is 3.54. The minimum atomic E-state index is -0.810. The van der Waals surface area contributed by atoms with E-state index in [-0.39, 0.29) is 56.9 Å². The summed E-state index contributed by atoms with van der Waals surface area (Å²) in [5.74, 6) is -1.02. The van der Waals surface area contributed by atoms with Crippen molar-refractivity contribution in [1.29, 1.82) is 0 Å². The van der Waals surface area contributed by atoms with Crippen LogP contribution in [0.25, 0.3) is 11.0 Å². The number of aliphatic hydroxyl groups excluding tert-OH is 3. The molecule has 0 aliphatic carbocycles. The third-order valence-electron chi connectivity index (χ3n) is 8.39. The fraction of sp³-hybridized carbons (Fsp3) is 0.516.